The van der Waals surface area contributed by atoms with Crippen molar-refractivity contribution in [1.29, 1.82) is 0 Å². The van der Waals surface area contributed by atoms with Crippen LogP contribution in [0.2, 0.25) is 0 Å². The maximum Gasteiger partial charge on any atom is 0.258 e. The van der Waals surface area contributed by atoms with Crippen molar-refractivity contribution in [3.8, 4) is 11.1 Å². The molecule has 2 aliphatic heterocycles. The quantitative estimate of drug-likeness (QED) is 0.762. The molecule has 2 aromatic rings. The van der Waals surface area contributed by atoms with Gasteiger partial charge in [-0.15, -0.1) is 0 Å². The molecular formula is C20H18F2N2O3. The van der Waals surface area contributed by atoms with E-state index in [1.54, 1.807) is 18.2 Å². The van der Waals surface area contributed by atoms with Gasteiger partial charge < -0.3 is 4.74 Å². The van der Waals surface area contributed by atoms with E-state index < -0.39 is 17.6 Å². The second-order valence-electron chi connectivity index (χ2n) is 6.66. The second kappa shape index (κ2) is 6.74. The van der Waals surface area contributed by atoms with E-state index in [0.29, 0.717) is 37.4 Å². The summed E-state index contributed by atoms with van der Waals surface area (Å²) in [4.78, 5) is 25.8. The number of halogens is 2. The van der Waals surface area contributed by atoms with Crippen LogP contribution in [-0.4, -0.2) is 48.1 Å². The standard InChI is InChI=1S/C20H18F2N2O3/c1-12-2-3-13(15-5-4-14(21)11-17(15)22)10-16(12)18-19(25)23-6-8-27-9-7-24(23)20(18)26/h2-5,10-11,18H,6-9H2,1H3. The highest BCUT2D eigenvalue weighted by Gasteiger charge is 2.47. The zero-order valence-electron chi connectivity index (χ0n) is 14.7. The number of aryl methyl sites for hydroxylation is 1. The van der Waals surface area contributed by atoms with Crippen LogP contribution in [0.4, 0.5) is 8.78 Å². The molecule has 5 nitrogen and oxygen atoms in total. The van der Waals surface area contributed by atoms with E-state index in [2.05, 4.69) is 0 Å². The first-order valence-electron chi connectivity index (χ1n) is 8.74. The van der Waals surface area contributed by atoms with Gasteiger partial charge in [0.2, 0.25) is 0 Å². The molecule has 7 heteroatoms. The zero-order valence-corrected chi connectivity index (χ0v) is 14.7. The number of carbonyl (C=O) groups excluding carboxylic acids is 2. The van der Waals surface area contributed by atoms with Crippen molar-refractivity contribution in [2.24, 2.45) is 0 Å². The van der Waals surface area contributed by atoms with Crippen molar-refractivity contribution in [2.45, 2.75) is 12.8 Å². The average Bonchev–Trinajstić information content (AvgIpc) is 2.81. The fraction of sp³-hybridized carbons (Fsp3) is 0.300. The number of hydrogen-bond acceptors (Lipinski definition) is 3. The molecule has 0 unspecified atom stereocenters. The van der Waals surface area contributed by atoms with Crippen molar-refractivity contribution >= 4 is 11.8 Å². The maximum atomic E-state index is 14.2. The van der Waals surface area contributed by atoms with E-state index >= 15 is 0 Å². The Morgan fingerprint density at radius 1 is 0.963 bits per heavy atom. The molecule has 0 radical (unpaired) electrons. The summed E-state index contributed by atoms with van der Waals surface area (Å²) in [7, 11) is 0. The molecule has 0 aliphatic carbocycles. The second-order valence-corrected chi connectivity index (χ2v) is 6.66. The third-order valence-corrected chi connectivity index (χ3v) is 5.02. The monoisotopic (exact) mass is 372 g/mol. The first-order valence-corrected chi connectivity index (χ1v) is 8.74. The Labute approximate surface area is 155 Å². The summed E-state index contributed by atoms with van der Waals surface area (Å²) < 4.78 is 32.7. The first kappa shape index (κ1) is 17.6. The van der Waals surface area contributed by atoms with Crippen LogP contribution in [0.25, 0.3) is 11.1 Å². The number of carbonyl (C=O) groups is 2. The number of amides is 2. The van der Waals surface area contributed by atoms with Crippen LogP contribution in [0, 0.1) is 18.6 Å². The number of rotatable bonds is 2. The summed E-state index contributed by atoms with van der Waals surface area (Å²) in [5.41, 5.74) is 2.02. The van der Waals surface area contributed by atoms with Gasteiger partial charge in [0.15, 0.2) is 0 Å². The fourth-order valence-corrected chi connectivity index (χ4v) is 3.62. The van der Waals surface area contributed by atoms with Gasteiger partial charge in [0, 0.05) is 11.6 Å². The van der Waals surface area contributed by atoms with E-state index in [1.807, 2.05) is 6.92 Å². The van der Waals surface area contributed by atoms with E-state index in [0.717, 1.165) is 11.6 Å². The molecule has 140 valence electrons. The molecule has 0 saturated carbocycles. The maximum absolute atomic E-state index is 14.2. The van der Waals surface area contributed by atoms with Crippen LogP contribution in [0.1, 0.15) is 17.0 Å². The third-order valence-electron chi connectivity index (χ3n) is 5.02. The topological polar surface area (TPSA) is 49.9 Å². The molecule has 0 aromatic heterocycles. The summed E-state index contributed by atoms with van der Waals surface area (Å²) in [6.07, 6.45) is 0. The highest BCUT2D eigenvalue weighted by molar-refractivity contribution is 6.10. The molecule has 4 rings (SSSR count). The van der Waals surface area contributed by atoms with E-state index in [4.69, 9.17) is 4.74 Å². The van der Waals surface area contributed by atoms with Gasteiger partial charge in [-0.25, -0.2) is 18.8 Å². The van der Waals surface area contributed by atoms with Crippen molar-refractivity contribution in [3.63, 3.8) is 0 Å². The average molecular weight is 372 g/mol. The Balaban J connectivity index is 1.76. The molecule has 0 atom stereocenters. The van der Waals surface area contributed by atoms with Gasteiger partial charge in [-0.1, -0.05) is 12.1 Å². The van der Waals surface area contributed by atoms with Gasteiger partial charge in [0.25, 0.3) is 11.8 Å². The van der Waals surface area contributed by atoms with Crippen molar-refractivity contribution < 1.29 is 23.1 Å². The van der Waals surface area contributed by atoms with Crippen molar-refractivity contribution in [3.05, 3.63) is 59.2 Å². The third kappa shape index (κ3) is 2.98. The van der Waals surface area contributed by atoms with Crippen LogP contribution in [0.5, 0.6) is 0 Å². The summed E-state index contributed by atoms with van der Waals surface area (Å²) in [5.74, 6) is -2.90. The van der Waals surface area contributed by atoms with Crippen LogP contribution in [0.15, 0.2) is 36.4 Å². The molecule has 2 aromatic carbocycles. The summed E-state index contributed by atoms with van der Waals surface area (Å²) in [6, 6.07) is 8.44. The van der Waals surface area contributed by atoms with Crippen molar-refractivity contribution in [1.82, 2.24) is 10.0 Å². The Bertz CT molecular complexity index is 907. The number of fused-ring (bicyclic) bond motifs is 1. The van der Waals surface area contributed by atoms with Gasteiger partial charge in [0.05, 0.1) is 26.3 Å². The van der Waals surface area contributed by atoms with E-state index in [9.17, 15) is 18.4 Å². The molecule has 0 bridgehead atoms. The largest absolute Gasteiger partial charge is 0.378 e. The van der Waals surface area contributed by atoms with Crippen LogP contribution in [-0.2, 0) is 14.3 Å². The Morgan fingerprint density at radius 2 is 1.63 bits per heavy atom. The van der Waals surface area contributed by atoms with E-state index in [1.165, 1.54) is 22.2 Å². The van der Waals surface area contributed by atoms with Gasteiger partial charge >= 0.3 is 0 Å². The van der Waals surface area contributed by atoms with Gasteiger partial charge in [-0.3, -0.25) is 9.59 Å². The Kier molecular flexibility index (Phi) is 4.39. The summed E-state index contributed by atoms with van der Waals surface area (Å²) in [5, 5.41) is 2.87. The lowest BCUT2D eigenvalue weighted by Gasteiger charge is -2.23. The summed E-state index contributed by atoms with van der Waals surface area (Å²) >= 11 is 0. The fourth-order valence-electron chi connectivity index (χ4n) is 3.62. The predicted molar refractivity (Wildman–Crippen MR) is 93.5 cm³/mol. The number of nitrogens with zero attached hydrogens (tertiary/aromatic N) is 2. The molecule has 2 saturated heterocycles. The van der Waals surface area contributed by atoms with Crippen LogP contribution < -0.4 is 0 Å². The first-order chi connectivity index (χ1) is 13.0. The van der Waals surface area contributed by atoms with Crippen LogP contribution >= 0.6 is 0 Å². The molecule has 2 amide bonds. The molecule has 2 heterocycles. The van der Waals surface area contributed by atoms with E-state index in [-0.39, 0.29) is 17.4 Å². The summed E-state index contributed by atoms with van der Waals surface area (Å²) in [6.45, 7) is 3.21. The predicted octanol–water partition coefficient (Wildman–Crippen LogP) is 2.64. The molecule has 27 heavy (non-hydrogen) atoms. The molecular weight excluding hydrogens is 354 g/mol. The minimum absolute atomic E-state index is 0.221. The molecule has 0 N–H and O–H groups in total. The number of ether oxygens (including phenoxy) is 1. The minimum atomic E-state index is -0.952. The highest BCUT2D eigenvalue weighted by Crippen LogP contribution is 2.34. The number of hydrogen-bond donors (Lipinski definition) is 0. The lowest BCUT2D eigenvalue weighted by Crippen LogP contribution is -2.41. The Hall–Kier alpha value is -2.80. The zero-order chi connectivity index (χ0) is 19.1. The minimum Gasteiger partial charge on any atom is -0.378 e. The number of hydrazine groups is 1. The lowest BCUT2D eigenvalue weighted by atomic mass is 9.90. The van der Waals surface area contributed by atoms with Gasteiger partial charge in [-0.05, 0) is 41.8 Å². The lowest BCUT2D eigenvalue weighted by molar-refractivity contribution is -0.145. The van der Waals surface area contributed by atoms with Gasteiger partial charge in [0.1, 0.15) is 17.6 Å². The van der Waals surface area contributed by atoms with Crippen molar-refractivity contribution in [2.75, 3.05) is 26.3 Å². The Morgan fingerprint density at radius 3 is 2.26 bits per heavy atom. The molecule has 2 aliphatic rings. The van der Waals surface area contributed by atoms with Gasteiger partial charge in [-0.2, -0.15) is 0 Å². The number of benzene rings is 2. The molecule has 0 spiro atoms. The molecule has 2 fully saturated rings. The highest BCUT2D eigenvalue weighted by atomic mass is 19.1. The normalized spacial score (nSPS) is 18.0. The van der Waals surface area contributed by atoms with Crippen LogP contribution in [0.3, 0.4) is 0 Å². The SMILES string of the molecule is Cc1ccc(-c2ccc(F)cc2F)cc1C1C(=O)N2CCOCCN2C1=O. The smallest absolute Gasteiger partial charge is 0.258 e.